The van der Waals surface area contributed by atoms with Crippen molar-refractivity contribution in [3.05, 3.63) is 82.3 Å². The molecule has 0 bridgehead atoms. The summed E-state index contributed by atoms with van der Waals surface area (Å²) < 4.78 is 4.97. The minimum absolute atomic E-state index is 0.296. The molecule has 174 valence electrons. The number of anilines is 2. The van der Waals surface area contributed by atoms with Gasteiger partial charge in [0.15, 0.2) is 0 Å². The van der Waals surface area contributed by atoms with Crippen LogP contribution in [0.3, 0.4) is 0 Å². The standard InChI is InChI=1S/C25H21Cl2N3O4/c26-18-9-12-20(27)22(14-18)30-25(33)29-19-10-7-16(8-11-19)15-3-5-17(6-4-15)23(31)34-24(32)21-2-1-13-28-21/h3-12,14,21,28H,1-2,13H2,(H2,29,30,33)/t21-/m1/s1. The number of benzene rings is 3. The van der Waals surface area contributed by atoms with Crippen molar-refractivity contribution in [2.45, 2.75) is 18.9 Å². The predicted octanol–water partition coefficient (Wildman–Crippen LogP) is 5.74. The Morgan fingerprint density at radius 2 is 1.56 bits per heavy atom. The van der Waals surface area contributed by atoms with Crippen LogP contribution in [0.4, 0.5) is 16.2 Å². The van der Waals surface area contributed by atoms with Crippen molar-refractivity contribution in [1.29, 1.82) is 0 Å². The van der Waals surface area contributed by atoms with Crippen LogP contribution >= 0.6 is 23.2 Å². The number of halogens is 2. The number of rotatable bonds is 5. The molecule has 3 aromatic carbocycles. The van der Waals surface area contributed by atoms with E-state index >= 15 is 0 Å². The van der Waals surface area contributed by atoms with Crippen LogP contribution in [0, 0.1) is 0 Å². The van der Waals surface area contributed by atoms with E-state index in [1.165, 1.54) is 0 Å². The summed E-state index contributed by atoms with van der Waals surface area (Å²) >= 11 is 12.0. The van der Waals surface area contributed by atoms with Crippen LogP contribution < -0.4 is 16.0 Å². The van der Waals surface area contributed by atoms with Crippen LogP contribution in [0.5, 0.6) is 0 Å². The second-order valence-electron chi connectivity index (χ2n) is 7.72. The number of nitrogens with one attached hydrogen (secondary N) is 3. The summed E-state index contributed by atoms with van der Waals surface area (Å²) in [6, 6.07) is 17.9. The third-order valence-electron chi connectivity index (χ3n) is 5.31. The Bertz CT molecular complexity index is 1210. The molecule has 1 aliphatic rings. The average molecular weight is 498 g/mol. The van der Waals surface area contributed by atoms with Gasteiger partial charge in [-0.1, -0.05) is 47.5 Å². The van der Waals surface area contributed by atoms with Crippen molar-refractivity contribution in [3.63, 3.8) is 0 Å². The van der Waals surface area contributed by atoms with Gasteiger partial charge in [0.1, 0.15) is 6.04 Å². The fourth-order valence-electron chi connectivity index (χ4n) is 3.53. The fourth-order valence-corrected chi connectivity index (χ4v) is 3.87. The highest BCUT2D eigenvalue weighted by atomic mass is 35.5. The number of esters is 2. The molecule has 34 heavy (non-hydrogen) atoms. The number of hydrogen-bond donors (Lipinski definition) is 3. The molecule has 1 atom stereocenters. The topological polar surface area (TPSA) is 96.5 Å². The Morgan fingerprint density at radius 1 is 0.882 bits per heavy atom. The molecule has 7 nitrogen and oxygen atoms in total. The SMILES string of the molecule is O=C(Nc1ccc(-c2ccc(C(=O)OC(=O)[C@H]3CCCN3)cc2)cc1)Nc1cc(Cl)ccc1Cl. The van der Waals surface area contributed by atoms with Gasteiger partial charge in [0, 0.05) is 10.7 Å². The molecule has 3 aromatic rings. The maximum Gasteiger partial charge on any atom is 0.345 e. The number of hydrogen-bond acceptors (Lipinski definition) is 5. The number of carbonyl (C=O) groups excluding carboxylic acids is 3. The second-order valence-corrected chi connectivity index (χ2v) is 8.56. The molecule has 0 spiro atoms. The van der Waals surface area contributed by atoms with E-state index in [4.69, 9.17) is 27.9 Å². The van der Waals surface area contributed by atoms with Gasteiger partial charge in [-0.2, -0.15) is 0 Å². The van der Waals surface area contributed by atoms with E-state index in [0.717, 1.165) is 24.1 Å². The zero-order valence-electron chi connectivity index (χ0n) is 17.9. The Kier molecular flexibility index (Phi) is 7.47. The molecule has 4 rings (SSSR count). The van der Waals surface area contributed by atoms with Crippen molar-refractivity contribution >= 4 is 52.5 Å². The van der Waals surface area contributed by atoms with Gasteiger partial charge in [-0.05, 0) is 73.0 Å². The van der Waals surface area contributed by atoms with Crippen LogP contribution in [0.2, 0.25) is 10.0 Å². The van der Waals surface area contributed by atoms with E-state index in [1.54, 1.807) is 54.6 Å². The highest BCUT2D eigenvalue weighted by Crippen LogP contribution is 2.26. The van der Waals surface area contributed by atoms with Gasteiger partial charge < -0.3 is 20.7 Å². The van der Waals surface area contributed by atoms with Gasteiger partial charge >= 0.3 is 18.0 Å². The van der Waals surface area contributed by atoms with Crippen molar-refractivity contribution in [3.8, 4) is 11.1 Å². The lowest BCUT2D eigenvalue weighted by atomic mass is 10.0. The molecule has 3 N–H and O–H groups in total. The molecule has 1 aliphatic heterocycles. The minimum atomic E-state index is -0.671. The Hall–Kier alpha value is -3.39. The summed E-state index contributed by atoms with van der Waals surface area (Å²) in [4.78, 5) is 36.5. The first-order chi connectivity index (χ1) is 16.4. The summed E-state index contributed by atoms with van der Waals surface area (Å²) in [5.41, 5.74) is 3.03. The van der Waals surface area contributed by atoms with Crippen LogP contribution in [0.25, 0.3) is 11.1 Å². The molecule has 1 saturated heterocycles. The number of ether oxygens (including phenoxy) is 1. The van der Waals surface area contributed by atoms with Gasteiger partial charge in [-0.25, -0.2) is 14.4 Å². The van der Waals surface area contributed by atoms with Crippen LogP contribution in [-0.2, 0) is 9.53 Å². The van der Waals surface area contributed by atoms with Crippen molar-refractivity contribution < 1.29 is 19.1 Å². The maximum absolute atomic E-state index is 12.3. The van der Waals surface area contributed by atoms with Crippen molar-refractivity contribution in [2.75, 3.05) is 17.2 Å². The molecule has 2 amide bonds. The Balaban J connectivity index is 1.35. The molecule has 9 heteroatoms. The lowest BCUT2D eigenvalue weighted by molar-refractivity contribution is -0.139. The van der Waals surface area contributed by atoms with Crippen LogP contribution in [-0.4, -0.2) is 30.6 Å². The summed E-state index contributed by atoms with van der Waals surface area (Å²) in [5.74, 6) is -1.22. The molecule has 1 heterocycles. The molecule has 0 unspecified atom stereocenters. The van der Waals surface area contributed by atoms with E-state index in [2.05, 4.69) is 16.0 Å². The third kappa shape index (κ3) is 5.94. The third-order valence-corrected chi connectivity index (χ3v) is 5.88. The first-order valence-corrected chi connectivity index (χ1v) is 11.4. The van der Waals surface area contributed by atoms with E-state index in [0.29, 0.717) is 33.4 Å². The number of carbonyl (C=O) groups is 3. The van der Waals surface area contributed by atoms with Crippen LogP contribution in [0.15, 0.2) is 66.7 Å². The van der Waals surface area contributed by atoms with Crippen molar-refractivity contribution in [1.82, 2.24) is 5.32 Å². The average Bonchev–Trinajstić information content (AvgIpc) is 3.37. The quantitative estimate of drug-likeness (QED) is 0.308. The monoisotopic (exact) mass is 497 g/mol. The molecular weight excluding hydrogens is 477 g/mol. The highest BCUT2D eigenvalue weighted by Gasteiger charge is 2.26. The fraction of sp³-hybridized carbons (Fsp3) is 0.160. The lowest BCUT2D eigenvalue weighted by Gasteiger charge is -2.10. The number of urea groups is 1. The van der Waals surface area contributed by atoms with Crippen LogP contribution in [0.1, 0.15) is 23.2 Å². The normalized spacial score (nSPS) is 14.9. The zero-order chi connectivity index (χ0) is 24.1. The first-order valence-electron chi connectivity index (χ1n) is 10.6. The molecule has 1 fully saturated rings. The summed E-state index contributed by atoms with van der Waals surface area (Å²) in [5, 5.41) is 9.23. The van der Waals surface area contributed by atoms with E-state index in [9.17, 15) is 14.4 Å². The van der Waals surface area contributed by atoms with Gasteiger partial charge in [0.05, 0.1) is 16.3 Å². The largest absolute Gasteiger partial charge is 0.388 e. The predicted molar refractivity (Wildman–Crippen MR) is 132 cm³/mol. The smallest absolute Gasteiger partial charge is 0.345 e. The first kappa shape index (κ1) is 23.8. The molecule has 0 aliphatic carbocycles. The Morgan fingerprint density at radius 3 is 2.21 bits per heavy atom. The van der Waals surface area contributed by atoms with E-state index in [-0.39, 0.29) is 0 Å². The highest BCUT2D eigenvalue weighted by molar-refractivity contribution is 6.35. The maximum atomic E-state index is 12.3. The van der Waals surface area contributed by atoms with Gasteiger partial charge in [-0.15, -0.1) is 0 Å². The molecular formula is C25H21Cl2N3O4. The van der Waals surface area contributed by atoms with Gasteiger partial charge in [0.25, 0.3) is 0 Å². The van der Waals surface area contributed by atoms with Crippen molar-refractivity contribution in [2.24, 2.45) is 0 Å². The second kappa shape index (κ2) is 10.7. The number of amides is 2. The summed E-state index contributed by atoms with van der Waals surface area (Å²) in [6.07, 6.45) is 1.56. The summed E-state index contributed by atoms with van der Waals surface area (Å²) in [6.45, 7) is 0.748. The lowest BCUT2D eigenvalue weighted by Crippen LogP contribution is -2.33. The molecule has 0 radical (unpaired) electrons. The van der Waals surface area contributed by atoms with E-state index < -0.39 is 24.0 Å². The van der Waals surface area contributed by atoms with Gasteiger partial charge in [0.2, 0.25) is 0 Å². The molecule has 0 aromatic heterocycles. The van der Waals surface area contributed by atoms with Gasteiger partial charge in [-0.3, -0.25) is 0 Å². The Labute approximate surface area is 206 Å². The zero-order valence-corrected chi connectivity index (χ0v) is 19.5. The summed E-state index contributed by atoms with van der Waals surface area (Å²) in [7, 11) is 0. The van der Waals surface area contributed by atoms with E-state index in [1.807, 2.05) is 12.1 Å². The minimum Gasteiger partial charge on any atom is -0.388 e. The molecule has 0 saturated carbocycles.